The van der Waals surface area contributed by atoms with Gasteiger partial charge in [0.2, 0.25) is 0 Å². The number of sulfone groups is 1. The van der Waals surface area contributed by atoms with Gasteiger partial charge in [0.1, 0.15) is 0 Å². The number of amides is 1. The molecule has 0 aromatic heterocycles. The summed E-state index contributed by atoms with van der Waals surface area (Å²) < 4.78 is 23.5. The molecule has 1 aromatic carbocycles. The van der Waals surface area contributed by atoms with Gasteiger partial charge in [0, 0.05) is 29.8 Å². The number of nitrogens with one attached hydrogen (secondary N) is 1. The Morgan fingerprint density at radius 3 is 2.72 bits per heavy atom. The molecule has 0 fully saturated rings. The summed E-state index contributed by atoms with van der Waals surface area (Å²) >= 11 is 1.50. The van der Waals surface area contributed by atoms with E-state index in [1.54, 1.807) is 12.1 Å². The third-order valence-corrected chi connectivity index (χ3v) is 5.57. The fourth-order valence-electron chi connectivity index (χ4n) is 2.39. The summed E-state index contributed by atoms with van der Waals surface area (Å²) in [6.07, 6.45) is 7.21. The summed E-state index contributed by atoms with van der Waals surface area (Å²) in [4.78, 5) is 16.4. The van der Waals surface area contributed by atoms with Crippen molar-refractivity contribution in [2.24, 2.45) is 16.6 Å². The first-order valence-corrected chi connectivity index (χ1v) is 10.7. The molecule has 3 N–H and O–H groups in total. The standard InChI is InChI=1S/C17H21N3O3S2/c1-11-7-8-15(24-2)19-10-14(17(18)21)16(11)20-12-5-4-6-13(9-12)25(3,22)23/h4-6,8-11,20H,7H2,1-3H3,(H2,18,21)/b15-8?,16-14+,19-10?. The van der Waals surface area contributed by atoms with E-state index >= 15 is 0 Å². The minimum Gasteiger partial charge on any atom is -0.365 e. The molecule has 1 aliphatic heterocycles. The minimum atomic E-state index is -3.32. The van der Waals surface area contributed by atoms with Gasteiger partial charge in [-0.1, -0.05) is 19.1 Å². The molecule has 6 nitrogen and oxygen atoms in total. The predicted octanol–water partition coefficient (Wildman–Crippen LogP) is 2.56. The maximum absolute atomic E-state index is 11.9. The van der Waals surface area contributed by atoms with Crippen LogP contribution in [0.15, 0.2) is 56.5 Å². The van der Waals surface area contributed by atoms with E-state index in [0.717, 1.165) is 11.3 Å². The average molecular weight is 380 g/mol. The van der Waals surface area contributed by atoms with Gasteiger partial charge < -0.3 is 11.1 Å². The molecule has 0 aliphatic carbocycles. The molecule has 8 heteroatoms. The van der Waals surface area contributed by atoms with Crippen molar-refractivity contribution in [2.75, 3.05) is 17.8 Å². The van der Waals surface area contributed by atoms with Gasteiger partial charge in [-0.2, -0.15) is 0 Å². The second-order valence-electron chi connectivity index (χ2n) is 5.76. The lowest BCUT2D eigenvalue weighted by molar-refractivity contribution is -0.114. The van der Waals surface area contributed by atoms with Crippen molar-refractivity contribution in [2.45, 2.75) is 18.2 Å². The van der Waals surface area contributed by atoms with E-state index in [9.17, 15) is 13.2 Å². The van der Waals surface area contributed by atoms with Crippen LogP contribution in [0.1, 0.15) is 13.3 Å². The Hall–Kier alpha value is -2.06. The summed E-state index contributed by atoms with van der Waals surface area (Å²) in [5, 5.41) is 3.99. The van der Waals surface area contributed by atoms with Crippen LogP contribution in [0.3, 0.4) is 0 Å². The molecule has 0 radical (unpaired) electrons. The number of allylic oxidation sites excluding steroid dienone is 2. The number of carbonyl (C=O) groups is 1. The molecule has 1 aromatic rings. The van der Waals surface area contributed by atoms with Crippen LogP contribution < -0.4 is 11.1 Å². The summed E-state index contributed by atoms with van der Waals surface area (Å²) in [5.74, 6) is -0.599. The quantitative estimate of drug-likeness (QED) is 0.819. The minimum absolute atomic E-state index is 0.0155. The predicted molar refractivity (Wildman–Crippen MR) is 103 cm³/mol. The van der Waals surface area contributed by atoms with Gasteiger partial charge in [-0.05, 0) is 30.9 Å². The SMILES string of the molecule is CSC1=CCC(C)/C(Nc2cccc(S(C)(=O)=O)c2)=C(\C(N)=O)C=N1. The Balaban J connectivity index is 2.47. The van der Waals surface area contributed by atoms with Gasteiger partial charge in [-0.15, -0.1) is 11.8 Å². The molecule has 0 spiro atoms. The Kier molecular flexibility index (Phi) is 6.07. The number of aliphatic imine (C=N–C) groups is 1. The molecule has 1 atom stereocenters. The van der Waals surface area contributed by atoms with E-state index in [2.05, 4.69) is 10.3 Å². The molecule has 2 rings (SSSR count). The highest BCUT2D eigenvalue weighted by Crippen LogP contribution is 2.27. The monoisotopic (exact) mass is 379 g/mol. The van der Waals surface area contributed by atoms with Crippen LogP contribution in [0.25, 0.3) is 0 Å². The zero-order valence-corrected chi connectivity index (χ0v) is 15.9. The molecule has 134 valence electrons. The lowest BCUT2D eigenvalue weighted by Crippen LogP contribution is -2.23. The van der Waals surface area contributed by atoms with E-state index < -0.39 is 15.7 Å². The summed E-state index contributed by atoms with van der Waals surface area (Å²) in [6, 6.07) is 6.45. The smallest absolute Gasteiger partial charge is 0.252 e. The number of hydrogen-bond donors (Lipinski definition) is 2. The van der Waals surface area contributed by atoms with Gasteiger partial charge in [0.25, 0.3) is 5.91 Å². The number of benzene rings is 1. The number of carbonyl (C=O) groups excluding carboxylic acids is 1. The molecule has 0 saturated heterocycles. The number of nitrogens with zero attached hydrogens (tertiary/aromatic N) is 1. The number of rotatable bonds is 5. The highest BCUT2D eigenvalue weighted by Gasteiger charge is 2.19. The van der Waals surface area contributed by atoms with Gasteiger partial charge >= 0.3 is 0 Å². The Bertz CT molecular complexity index is 871. The van der Waals surface area contributed by atoms with Crippen LogP contribution in [0, 0.1) is 5.92 Å². The third-order valence-electron chi connectivity index (χ3n) is 3.77. The van der Waals surface area contributed by atoms with Gasteiger partial charge in [0.15, 0.2) is 9.84 Å². The zero-order chi connectivity index (χ0) is 18.6. The first-order chi connectivity index (χ1) is 11.7. The van der Waals surface area contributed by atoms with Crippen molar-refractivity contribution in [3.05, 3.63) is 46.6 Å². The van der Waals surface area contributed by atoms with E-state index in [1.165, 1.54) is 30.1 Å². The third kappa shape index (κ3) is 4.96. The summed E-state index contributed by atoms with van der Waals surface area (Å²) in [5.41, 5.74) is 7.02. The Morgan fingerprint density at radius 1 is 1.40 bits per heavy atom. The second kappa shape index (κ2) is 7.88. The topological polar surface area (TPSA) is 102 Å². The maximum Gasteiger partial charge on any atom is 0.252 e. The van der Waals surface area contributed by atoms with E-state index in [-0.39, 0.29) is 16.4 Å². The molecule has 0 saturated carbocycles. The van der Waals surface area contributed by atoms with Crippen LogP contribution in [-0.4, -0.2) is 33.1 Å². The number of hydrogen-bond acceptors (Lipinski definition) is 6. The van der Waals surface area contributed by atoms with E-state index in [1.807, 2.05) is 19.3 Å². The van der Waals surface area contributed by atoms with E-state index in [0.29, 0.717) is 17.8 Å². The summed E-state index contributed by atoms with van der Waals surface area (Å²) in [7, 11) is -3.32. The normalized spacial score (nSPS) is 21.2. The van der Waals surface area contributed by atoms with Crippen LogP contribution in [0.4, 0.5) is 5.69 Å². The molecule has 1 aliphatic rings. The van der Waals surface area contributed by atoms with Gasteiger partial charge in [-0.25, -0.2) is 13.4 Å². The van der Waals surface area contributed by atoms with Crippen molar-refractivity contribution >= 4 is 39.4 Å². The van der Waals surface area contributed by atoms with Gasteiger partial charge in [0.05, 0.1) is 15.5 Å². The van der Waals surface area contributed by atoms with Crippen molar-refractivity contribution in [3.63, 3.8) is 0 Å². The van der Waals surface area contributed by atoms with Crippen molar-refractivity contribution in [3.8, 4) is 0 Å². The largest absolute Gasteiger partial charge is 0.365 e. The Labute approximate surface area is 152 Å². The molecular formula is C17H21N3O3S2. The first-order valence-electron chi connectivity index (χ1n) is 7.61. The molecule has 1 heterocycles. The van der Waals surface area contributed by atoms with Crippen LogP contribution in [0.2, 0.25) is 0 Å². The fourth-order valence-corrected chi connectivity index (χ4v) is 3.48. The van der Waals surface area contributed by atoms with Gasteiger partial charge in [-0.3, -0.25) is 4.79 Å². The van der Waals surface area contributed by atoms with Crippen LogP contribution in [-0.2, 0) is 14.6 Å². The number of anilines is 1. The Morgan fingerprint density at radius 2 is 2.12 bits per heavy atom. The molecule has 1 amide bonds. The highest BCUT2D eigenvalue weighted by atomic mass is 32.2. The lowest BCUT2D eigenvalue weighted by atomic mass is 9.97. The number of primary amides is 1. The van der Waals surface area contributed by atoms with E-state index in [4.69, 9.17) is 5.73 Å². The maximum atomic E-state index is 11.9. The zero-order valence-electron chi connectivity index (χ0n) is 14.3. The van der Waals surface area contributed by atoms with Crippen molar-refractivity contribution in [1.82, 2.24) is 0 Å². The molecule has 25 heavy (non-hydrogen) atoms. The van der Waals surface area contributed by atoms with Crippen molar-refractivity contribution in [1.29, 1.82) is 0 Å². The lowest BCUT2D eigenvalue weighted by Gasteiger charge is -2.21. The van der Waals surface area contributed by atoms with Crippen LogP contribution in [0.5, 0.6) is 0 Å². The fraction of sp³-hybridized carbons (Fsp3) is 0.294. The van der Waals surface area contributed by atoms with Crippen LogP contribution >= 0.6 is 11.8 Å². The molecular weight excluding hydrogens is 358 g/mol. The average Bonchev–Trinajstić information content (AvgIpc) is 2.54. The second-order valence-corrected chi connectivity index (χ2v) is 8.60. The van der Waals surface area contributed by atoms with Crippen molar-refractivity contribution < 1.29 is 13.2 Å². The first kappa shape index (κ1) is 19.3. The number of nitrogens with two attached hydrogens (primary N) is 1. The molecule has 0 bridgehead atoms. The summed E-state index contributed by atoms with van der Waals surface area (Å²) in [6.45, 7) is 1.97. The number of thioether (sulfide) groups is 1. The molecule has 1 unspecified atom stereocenters. The highest BCUT2D eigenvalue weighted by molar-refractivity contribution is 8.02.